The van der Waals surface area contributed by atoms with Crippen LogP contribution >= 0.6 is 11.8 Å². The fourth-order valence-corrected chi connectivity index (χ4v) is 3.93. The number of halogens is 1. The Kier molecular flexibility index (Phi) is 4.20. The highest BCUT2D eigenvalue weighted by atomic mass is 32.2. The van der Waals surface area contributed by atoms with Gasteiger partial charge in [-0.25, -0.2) is 4.39 Å². The van der Waals surface area contributed by atoms with Gasteiger partial charge in [0.15, 0.2) is 0 Å². The van der Waals surface area contributed by atoms with E-state index in [0.717, 1.165) is 23.4 Å². The lowest BCUT2D eigenvalue weighted by Crippen LogP contribution is -2.28. The minimum atomic E-state index is -0.354. The molecule has 1 amide bonds. The normalized spacial score (nSPS) is 18.2. The second-order valence-electron chi connectivity index (χ2n) is 5.33. The SMILES string of the molecule is Cc1noc(C)c1CSC1CCN(c2ccccc2F)C1=O. The highest BCUT2D eigenvalue weighted by Gasteiger charge is 2.34. The number of anilines is 1. The maximum Gasteiger partial charge on any atom is 0.240 e. The van der Waals surface area contributed by atoms with Crippen molar-refractivity contribution < 1.29 is 13.7 Å². The van der Waals surface area contributed by atoms with E-state index >= 15 is 0 Å². The van der Waals surface area contributed by atoms with Crippen LogP contribution in [0.2, 0.25) is 0 Å². The van der Waals surface area contributed by atoms with Crippen LogP contribution in [0.3, 0.4) is 0 Å². The first kappa shape index (κ1) is 15.1. The van der Waals surface area contributed by atoms with Gasteiger partial charge in [-0.15, -0.1) is 11.8 Å². The van der Waals surface area contributed by atoms with Crippen molar-refractivity contribution in [2.45, 2.75) is 31.3 Å². The number of para-hydroxylation sites is 1. The first-order chi connectivity index (χ1) is 10.6. The van der Waals surface area contributed by atoms with Gasteiger partial charge >= 0.3 is 0 Å². The maximum absolute atomic E-state index is 13.8. The maximum atomic E-state index is 13.8. The average molecular weight is 320 g/mol. The Balaban J connectivity index is 1.68. The van der Waals surface area contributed by atoms with Gasteiger partial charge in [0, 0.05) is 17.9 Å². The van der Waals surface area contributed by atoms with E-state index in [4.69, 9.17) is 4.52 Å². The summed E-state index contributed by atoms with van der Waals surface area (Å²) in [5.74, 6) is 1.10. The minimum absolute atomic E-state index is 0.0261. The summed E-state index contributed by atoms with van der Waals surface area (Å²) in [6.45, 7) is 4.32. The van der Waals surface area contributed by atoms with E-state index in [1.54, 1.807) is 34.9 Å². The molecule has 0 radical (unpaired) electrons. The van der Waals surface area contributed by atoms with Crippen molar-refractivity contribution in [2.75, 3.05) is 11.4 Å². The number of hydrogen-bond acceptors (Lipinski definition) is 4. The molecule has 0 aliphatic carbocycles. The Bertz CT molecular complexity index is 682. The number of amides is 1. The van der Waals surface area contributed by atoms with Crippen LogP contribution < -0.4 is 4.90 Å². The molecular formula is C16H17FN2O2S. The Morgan fingerprint density at radius 3 is 2.86 bits per heavy atom. The highest BCUT2D eigenvalue weighted by molar-refractivity contribution is 7.99. The quantitative estimate of drug-likeness (QED) is 0.865. The number of thioether (sulfide) groups is 1. The zero-order valence-corrected chi connectivity index (χ0v) is 13.3. The molecule has 0 N–H and O–H groups in total. The molecule has 116 valence electrons. The zero-order chi connectivity index (χ0) is 15.7. The summed E-state index contributed by atoms with van der Waals surface area (Å²) in [6, 6.07) is 6.40. The molecule has 1 aromatic carbocycles. The van der Waals surface area contributed by atoms with Crippen molar-refractivity contribution in [3.63, 3.8) is 0 Å². The van der Waals surface area contributed by atoms with Crippen LogP contribution in [-0.4, -0.2) is 22.9 Å². The van der Waals surface area contributed by atoms with Crippen molar-refractivity contribution in [3.05, 3.63) is 47.1 Å². The third-order valence-electron chi connectivity index (χ3n) is 3.91. The largest absolute Gasteiger partial charge is 0.361 e. The molecule has 0 spiro atoms. The second-order valence-corrected chi connectivity index (χ2v) is 6.52. The van der Waals surface area contributed by atoms with Crippen molar-refractivity contribution in [3.8, 4) is 0 Å². The Labute approximate surface area is 132 Å². The van der Waals surface area contributed by atoms with Crippen molar-refractivity contribution in [1.82, 2.24) is 5.16 Å². The third-order valence-corrected chi connectivity index (χ3v) is 5.20. The Morgan fingerprint density at radius 2 is 2.18 bits per heavy atom. The molecule has 1 aromatic heterocycles. The van der Waals surface area contributed by atoms with Gasteiger partial charge in [0.25, 0.3) is 0 Å². The summed E-state index contributed by atoms with van der Waals surface area (Å²) >= 11 is 1.57. The molecule has 2 aromatic rings. The predicted molar refractivity (Wildman–Crippen MR) is 84.4 cm³/mol. The van der Waals surface area contributed by atoms with Gasteiger partial charge in [-0.1, -0.05) is 17.3 Å². The number of aryl methyl sites for hydroxylation is 2. The monoisotopic (exact) mass is 320 g/mol. The van der Waals surface area contributed by atoms with Crippen molar-refractivity contribution in [2.24, 2.45) is 0 Å². The summed E-state index contributed by atoms with van der Waals surface area (Å²) in [5.41, 5.74) is 2.27. The van der Waals surface area contributed by atoms with E-state index in [0.29, 0.717) is 18.0 Å². The minimum Gasteiger partial charge on any atom is -0.361 e. The number of carbonyl (C=O) groups excluding carboxylic acids is 1. The van der Waals surface area contributed by atoms with Gasteiger partial charge in [0.05, 0.1) is 16.6 Å². The molecule has 4 nitrogen and oxygen atoms in total. The molecule has 22 heavy (non-hydrogen) atoms. The molecule has 2 heterocycles. The van der Waals surface area contributed by atoms with Crippen LogP contribution in [0.25, 0.3) is 0 Å². The van der Waals surface area contributed by atoms with Crippen molar-refractivity contribution in [1.29, 1.82) is 0 Å². The van der Waals surface area contributed by atoms with E-state index in [1.807, 2.05) is 13.8 Å². The first-order valence-electron chi connectivity index (χ1n) is 7.17. The van der Waals surface area contributed by atoms with Crippen LogP contribution in [0.15, 0.2) is 28.8 Å². The average Bonchev–Trinajstić information content (AvgIpc) is 3.02. The van der Waals surface area contributed by atoms with Gasteiger partial charge in [-0.2, -0.15) is 0 Å². The molecule has 1 atom stereocenters. The van der Waals surface area contributed by atoms with E-state index in [2.05, 4.69) is 5.16 Å². The highest BCUT2D eigenvalue weighted by Crippen LogP contribution is 2.32. The van der Waals surface area contributed by atoms with Crippen LogP contribution in [0.4, 0.5) is 10.1 Å². The van der Waals surface area contributed by atoms with E-state index < -0.39 is 0 Å². The molecule has 0 bridgehead atoms. The Morgan fingerprint density at radius 1 is 1.41 bits per heavy atom. The fourth-order valence-electron chi connectivity index (χ4n) is 2.61. The summed E-state index contributed by atoms with van der Waals surface area (Å²) < 4.78 is 19.0. The van der Waals surface area contributed by atoms with Crippen LogP contribution in [0.5, 0.6) is 0 Å². The van der Waals surface area contributed by atoms with Gasteiger partial charge in [0.2, 0.25) is 5.91 Å². The lowest BCUT2D eigenvalue weighted by Gasteiger charge is -2.17. The van der Waals surface area contributed by atoms with Crippen molar-refractivity contribution >= 4 is 23.4 Å². The van der Waals surface area contributed by atoms with Gasteiger partial charge in [0.1, 0.15) is 11.6 Å². The first-order valence-corrected chi connectivity index (χ1v) is 8.22. The molecule has 3 rings (SSSR count). The molecule has 1 fully saturated rings. The number of nitrogens with zero attached hydrogens (tertiary/aromatic N) is 2. The van der Waals surface area contributed by atoms with E-state index in [9.17, 15) is 9.18 Å². The van der Waals surface area contributed by atoms with Crippen LogP contribution in [-0.2, 0) is 10.5 Å². The van der Waals surface area contributed by atoms with Crippen LogP contribution in [0.1, 0.15) is 23.4 Å². The van der Waals surface area contributed by atoms with E-state index in [-0.39, 0.29) is 17.0 Å². The van der Waals surface area contributed by atoms with E-state index in [1.165, 1.54) is 6.07 Å². The number of rotatable bonds is 4. The summed E-state index contributed by atoms with van der Waals surface area (Å²) in [5, 5.41) is 3.78. The third kappa shape index (κ3) is 2.75. The van der Waals surface area contributed by atoms with Crippen LogP contribution in [0, 0.1) is 19.7 Å². The number of hydrogen-bond donors (Lipinski definition) is 0. The summed E-state index contributed by atoms with van der Waals surface area (Å²) in [6.07, 6.45) is 0.723. The molecule has 0 saturated carbocycles. The lowest BCUT2D eigenvalue weighted by atomic mass is 10.2. The molecule has 1 unspecified atom stereocenters. The predicted octanol–water partition coefficient (Wildman–Crippen LogP) is 3.47. The van der Waals surface area contributed by atoms with Gasteiger partial charge in [-0.05, 0) is 32.4 Å². The van der Waals surface area contributed by atoms with Gasteiger partial charge in [-0.3, -0.25) is 4.79 Å². The molecular weight excluding hydrogens is 303 g/mol. The summed E-state index contributed by atoms with van der Waals surface area (Å²) in [4.78, 5) is 14.0. The number of aromatic nitrogens is 1. The molecule has 1 saturated heterocycles. The molecule has 6 heteroatoms. The zero-order valence-electron chi connectivity index (χ0n) is 12.5. The smallest absolute Gasteiger partial charge is 0.240 e. The molecule has 1 aliphatic rings. The standard InChI is InChI=1S/C16H17FN2O2S/c1-10-12(11(2)21-18-10)9-22-15-7-8-19(16(15)20)14-6-4-3-5-13(14)17/h3-6,15H,7-9H2,1-2H3. The summed E-state index contributed by atoms with van der Waals surface area (Å²) in [7, 11) is 0. The lowest BCUT2D eigenvalue weighted by molar-refractivity contribution is -0.116. The molecule has 1 aliphatic heterocycles. The Hall–Kier alpha value is -1.82. The topological polar surface area (TPSA) is 46.3 Å². The second kappa shape index (κ2) is 6.12. The number of carbonyl (C=O) groups is 1. The number of benzene rings is 1. The van der Waals surface area contributed by atoms with Gasteiger partial charge < -0.3 is 9.42 Å². The fraction of sp³-hybridized carbons (Fsp3) is 0.375.